The van der Waals surface area contributed by atoms with Crippen molar-refractivity contribution in [1.82, 2.24) is 5.32 Å². The number of aromatic carboxylic acids is 1. The Balaban J connectivity index is 1.36. The Kier molecular flexibility index (Phi) is 9.02. The van der Waals surface area contributed by atoms with E-state index in [0.717, 1.165) is 23.1 Å². The van der Waals surface area contributed by atoms with Crippen molar-refractivity contribution in [3.63, 3.8) is 0 Å². The molecule has 0 spiro atoms. The minimum absolute atomic E-state index is 0.163. The van der Waals surface area contributed by atoms with Crippen LogP contribution in [0.5, 0.6) is 5.75 Å². The minimum Gasteiger partial charge on any atom is -0.496 e. The van der Waals surface area contributed by atoms with E-state index < -0.39 is 12.1 Å². The number of carbonyl (C=O) groups is 1. The summed E-state index contributed by atoms with van der Waals surface area (Å²) in [5.41, 5.74) is 3.80. The molecular formula is C33H37NO5. The summed E-state index contributed by atoms with van der Waals surface area (Å²) in [6.07, 6.45) is -0.150. The Morgan fingerprint density at radius 3 is 2.38 bits per heavy atom. The van der Waals surface area contributed by atoms with Gasteiger partial charge in [0.25, 0.3) is 0 Å². The van der Waals surface area contributed by atoms with Crippen molar-refractivity contribution >= 4 is 16.7 Å². The molecule has 0 fully saturated rings. The van der Waals surface area contributed by atoms with Crippen LogP contribution in [0.4, 0.5) is 0 Å². The molecule has 0 radical (unpaired) electrons. The number of carboxylic acids is 1. The molecule has 0 saturated heterocycles. The van der Waals surface area contributed by atoms with Gasteiger partial charge in [-0.1, -0.05) is 66.7 Å². The Hall–Kier alpha value is -3.71. The Labute approximate surface area is 230 Å². The second-order valence-electron chi connectivity index (χ2n) is 10.6. The number of fused-ring (bicyclic) bond motifs is 1. The smallest absolute Gasteiger partial charge is 0.335 e. The van der Waals surface area contributed by atoms with Crippen molar-refractivity contribution in [2.75, 3.05) is 20.3 Å². The third kappa shape index (κ3) is 7.24. The molecule has 0 aromatic heterocycles. The van der Waals surface area contributed by atoms with E-state index in [1.165, 1.54) is 29.5 Å². The fourth-order valence-electron chi connectivity index (χ4n) is 4.86. The number of rotatable bonds is 12. The zero-order valence-corrected chi connectivity index (χ0v) is 23.0. The average Bonchev–Trinajstić information content (AvgIpc) is 2.94. The highest BCUT2D eigenvalue weighted by Gasteiger charge is 2.21. The Morgan fingerprint density at radius 1 is 0.923 bits per heavy atom. The predicted octanol–water partition coefficient (Wildman–Crippen LogP) is 6.26. The van der Waals surface area contributed by atoms with Gasteiger partial charge in [-0.15, -0.1) is 0 Å². The van der Waals surface area contributed by atoms with Crippen molar-refractivity contribution in [3.8, 4) is 16.9 Å². The van der Waals surface area contributed by atoms with Gasteiger partial charge in [0.15, 0.2) is 0 Å². The lowest BCUT2D eigenvalue weighted by Gasteiger charge is -2.28. The van der Waals surface area contributed by atoms with Crippen LogP contribution in [0.3, 0.4) is 0 Å². The van der Waals surface area contributed by atoms with E-state index in [-0.39, 0.29) is 23.8 Å². The molecule has 3 N–H and O–H groups in total. The molecule has 0 aliphatic carbocycles. The van der Waals surface area contributed by atoms with Crippen LogP contribution in [0.2, 0.25) is 0 Å². The van der Waals surface area contributed by atoms with Crippen LogP contribution in [-0.2, 0) is 11.2 Å². The van der Waals surface area contributed by atoms with Gasteiger partial charge in [-0.2, -0.15) is 0 Å². The summed E-state index contributed by atoms with van der Waals surface area (Å²) < 4.78 is 11.6. The van der Waals surface area contributed by atoms with E-state index in [1.54, 1.807) is 12.1 Å². The molecule has 0 heterocycles. The van der Waals surface area contributed by atoms with Crippen molar-refractivity contribution in [3.05, 3.63) is 102 Å². The van der Waals surface area contributed by atoms with E-state index >= 15 is 0 Å². The maximum absolute atomic E-state index is 11.4. The molecule has 6 heteroatoms. The molecule has 0 aliphatic heterocycles. The maximum Gasteiger partial charge on any atom is 0.335 e. The van der Waals surface area contributed by atoms with Crippen LogP contribution in [-0.4, -0.2) is 48.1 Å². The number of benzene rings is 4. The highest BCUT2D eigenvalue weighted by atomic mass is 16.5. The molecule has 4 aromatic carbocycles. The number of β-amino-alcohol motifs (C(OH)–C–C–N with tert-alkyl or cyclic N) is 1. The van der Waals surface area contributed by atoms with E-state index in [2.05, 4.69) is 55.6 Å². The SMILES string of the molecule is COc1cc(C(=O)O)ccc1-c1ccccc1C(C)OC[C@@H](O)CNC(C)(C)Cc1ccc2ccccc2c1. The Bertz CT molecular complexity index is 1430. The second-order valence-corrected chi connectivity index (χ2v) is 10.6. The number of hydrogen-bond donors (Lipinski definition) is 3. The monoisotopic (exact) mass is 527 g/mol. The summed E-state index contributed by atoms with van der Waals surface area (Å²) in [6.45, 7) is 6.79. The molecule has 4 rings (SSSR count). The van der Waals surface area contributed by atoms with Crippen LogP contribution in [0.25, 0.3) is 21.9 Å². The molecule has 2 atom stereocenters. The number of methoxy groups -OCH3 is 1. The third-order valence-electron chi connectivity index (χ3n) is 6.95. The van der Waals surface area contributed by atoms with Crippen LogP contribution in [0.15, 0.2) is 84.9 Å². The zero-order chi connectivity index (χ0) is 28.0. The zero-order valence-electron chi connectivity index (χ0n) is 23.0. The maximum atomic E-state index is 11.4. The first-order valence-corrected chi connectivity index (χ1v) is 13.2. The van der Waals surface area contributed by atoms with E-state index in [0.29, 0.717) is 12.3 Å². The molecule has 0 amide bonds. The lowest BCUT2D eigenvalue weighted by molar-refractivity contribution is -0.00397. The van der Waals surface area contributed by atoms with Gasteiger partial charge < -0.3 is 25.0 Å². The summed E-state index contributed by atoms with van der Waals surface area (Å²) in [5.74, 6) is -0.527. The van der Waals surface area contributed by atoms with Gasteiger partial charge in [-0.25, -0.2) is 4.79 Å². The van der Waals surface area contributed by atoms with Gasteiger partial charge in [-0.05, 0) is 72.9 Å². The molecule has 6 nitrogen and oxygen atoms in total. The number of ether oxygens (including phenoxy) is 2. The topological polar surface area (TPSA) is 88.0 Å². The van der Waals surface area contributed by atoms with Gasteiger partial charge in [0.2, 0.25) is 0 Å². The normalized spacial score (nSPS) is 13.3. The van der Waals surface area contributed by atoms with E-state index in [9.17, 15) is 15.0 Å². The van der Waals surface area contributed by atoms with Crippen molar-refractivity contribution < 1.29 is 24.5 Å². The van der Waals surface area contributed by atoms with Crippen LogP contribution < -0.4 is 10.1 Å². The third-order valence-corrected chi connectivity index (χ3v) is 6.95. The lowest BCUT2D eigenvalue weighted by Crippen LogP contribution is -2.46. The van der Waals surface area contributed by atoms with Crippen molar-refractivity contribution in [1.29, 1.82) is 0 Å². The summed E-state index contributed by atoms with van der Waals surface area (Å²) in [4.78, 5) is 11.4. The van der Waals surface area contributed by atoms with Crippen molar-refractivity contribution in [2.45, 2.75) is 44.9 Å². The second kappa shape index (κ2) is 12.4. The molecule has 1 unspecified atom stereocenters. The molecule has 39 heavy (non-hydrogen) atoms. The molecule has 0 aliphatic rings. The number of hydrogen-bond acceptors (Lipinski definition) is 5. The van der Waals surface area contributed by atoms with Crippen LogP contribution in [0.1, 0.15) is 48.4 Å². The first kappa shape index (κ1) is 28.3. The van der Waals surface area contributed by atoms with E-state index in [1.807, 2.05) is 37.3 Å². The molecule has 0 saturated carbocycles. The van der Waals surface area contributed by atoms with Gasteiger partial charge >= 0.3 is 5.97 Å². The first-order valence-electron chi connectivity index (χ1n) is 13.2. The van der Waals surface area contributed by atoms with Gasteiger partial charge in [0, 0.05) is 17.6 Å². The minimum atomic E-state index is -1.01. The summed E-state index contributed by atoms with van der Waals surface area (Å²) in [5, 5.41) is 26.0. The van der Waals surface area contributed by atoms with Crippen LogP contribution in [0, 0.1) is 0 Å². The molecule has 204 valence electrons. The van der Waals surface area contributed by atoms with Gasteiger partial charge in [0.05, 0.1) is 31.5 Å². The van der Waals surface area contributed by atoms with E-state index in [4.69, 9.17) is 9.47 Å². The number of aliphatic hydroxyl groups is 1. The summed E-state index contributed by atoms with van der Waals surface area (Å²) in [7, 11) is 1.53. The standard InChI is InChI=1S/C33H37NO5/c1-22(28-11-7-8-12-29(28)30-16-15-26(32(36)37)18-31(30)38-4)39-21-27(35)20-34-33(2,3)19-23-13-14-24-9-5-6-10-25(24)17-23/h5-18,22,27,34-35H,19-21H2,1-4H3,(H,36,37)/t22?,27-/m0/s1. The lowest BCUT2D eigenvalue weighted by atomic mass is 9.93. The number of aliphatic hydroxyl groups excluding tert-OH is 1. The number of nitrogens with one attached hydrogen (secondary N) is 1. The molecule has 4 aromatic rings. The predicted molar refractivity (Wildman–Crippen MR) is 155 cm³/mol. The highest BCUT2D eigenvalue weighted by molar-refractivity contribution is 5.90. The summed E-state index contributed by atoms with van der Waals surface area (Å²) in [6, 6.07) is 27.5. The summed E-state index contributed by atoms with van der Waals surface area (Å²) >= 11 is 0. The van der Waals surface area contributed by atoms with Gasteiger partial charge in [0.1, 0.15) is 5.75 Å². The fourth-order valence-corrected chi connectivity index (χ4v) is 4.86. The Morgan fingerprint density at radius 2 is 1.64 bits per heavy atom. The quantitative estimate of drug-likeness (QED) is 0.201. The van der Waals surface area contributed by atoms with Crippen molar-refractivity contribution in [2.24, 2.45) is 0 Å². The highest BCUT2D eigenvalue weighted by Crippen LogP contribution is 2.36. The first-order chi connectivity index (χ1) is 18.7. The van der Waals surface area contributed by atoms with Crippen LogP contribution >= 0.6 is 0 Å². The molecule has 0 bridgehead atoms. The number of carboxylic acid groups (broad SMARTS) is 1. The van der Waals surface area contributed by atoms with Gasteiger partial charge in [-0.3, -0.25) is 0 Å². The molecular weight excluding hydrogens is 490 g/mol. The average molecular weight is 528 g/mol. The largest absolute Gasteiger partial charge is 0.496 e. The fraction of sp³-hybridized carbons (Fsp3) is 0.303.